The van der Waals surface area contributed by atoms with Crippen molar-refractivity contribution in [1.29, 1.82) is 0 Å². The molecule has 0 aliphatic carbocycles. The van der Waals surface area contributed by atoms with E-state index in [9.17, 15) is 0 Å². The van der Waals surface area contributed by atoms with Gasteiger partial charge in [0.05, 0.1) is 0 Å². The van der Waals surface area contributed by atoms with Crippen molar-refractivity contribution < 1.29 is 0 Å². The van der Waals surface area contributed by atoms with E-state index in [0.29, 0.717) is 0 Å². The predicted molar refractivity (Wildman–Crippen MR) is 73.4 cm³/mol. The van der Waals surface area contributed by atoms with Gasteiger partial charge in [0, 0.05) is 18.5 Å². The standard InChI is InChI=1S/C15H24N2/c1-15(12-16-2,13-17-10-6-7-11-17)14-8-4-3-5-9-14/h3-5,8-9,16H,6-7,10-13H2,1-2H3. The van der Waals surface area contributed by atoms with Crippen LogP contribution in [0.3, 0.4) is 0 Å². The van der Waals surface area contributed by atoms with Crippen LogP contribution in [-0.4, -0.2) is 38.1 Å². The fourth-order valence-electron chi connectivity index (χ4n) is 2.91. The van der Waals surface area contributed by atoms with Crippen LogP contribution in [0.5, 0.6) is 0 Å². The minimum Gasteiger partial charge on any atom is -0.319 e. The van der Waals surface area contributed by atoms with E-state index >= 15 is 0 Å². The van der Waals surface area contributed by atoms with E-state index in [4.69, 9.17) is 0 Å². The van der Waals surface area contributed by atoms with E-state index in [-0.39, 0.29) is 5.41 Å². The number of likely N-dealkylation sites (N-methyl/N-ethyl adjacent to an activating group) is 1. The summed E-state index contributed by atoms with van der Waals surface area (Å²) in [4.78, 5) is 2.60. The number of hydrogen-bond donors (Lipinski definition) is 1. The lowest BCUT2D eigenvalue weighted by Gasteiger charge is -2.34. The van der Waals surface area contributed by atoms with Gasteiger partial charge in [-0.2, -0.15) is 0 Å². The molecule has 0 aromatic heterocycles. The van der Waals surface area contributed by atoms with Crippen LogP contribution in [0, 0.1) is 0 Å². The molecule has 2 rings (SSSR count). The van der Waals surface area contributed by atoms with Gasteiger partial charge in [0.1, 0.15) is 0 Å². The lowest BCUT2D eigenvalue weighted by Crippen LogP contribution is -2.43. The Labute approximate surface area is 105 Å². The first kappa shape index (κ1) is 12.6. The number of nitrogens with one attached hydrogen (secondary N) is 1. The highest BCUT2D eigenvalue weighted by Gasteiger charge is 2.29. The van der Waals surface area contributed by atoms with Gasteiger partial charge in [0.2, 0.25) is 0 Å². The van der Waals surface area contributed by atoms with Crippen LogP contribution in [0.4, 0.5) is 0 Å². The molecule has 1 aromatic rings. The summed E-state index contributed by atoms with van der Waals surface area (Å²) in [6.45, 7) is 7.11. The summed E-state index contributed by atoms with van der Waals surface area (Å²) in [6, 6.07) is 10.9. The third-order valence-electron chi connectivity index (χ3n) is 3.81. The van der Waals surface area contributed by atoms with E-state index in [1.165, 1.54) is 31.5 Å². The summed E-state index contributed by atoms with van der Waals surface area (Å²) >= 11 is 0. The molecule has 1 heterocycles. The minimum absolute atomic E-state index is 0.223. The lowest BCUT2D eigenvalue weighted by atomic mass is 9.82. The van der Waals surface area contributed by atoms with E-state index in [1.54, 1.807) is 0 Å². The molecule has 1 N–H and O–H groups in total. The average molecular weight is 232 g/mol. The molecule has 1 fully saturated rings. The van der Waals surface area contributed by atoms with Gasteiger partial charge in [-0.05, 0) is 38.5 Å². The Morgan fingerprint density at radius 3 is 2.41 bits per heavy atom. The third kappa shape index (κ3) is 3.08. The lowest BCUT2D eigenvalue weighted by molar-refractivity contribution is 0.253. The Hall–Kier alpha value is -0.860. The van der Waals surface area contributed by atoms with Crippen LogP contribution < -0.4 is 5.32 Å². The van der Waals surface area contributed by atoms with Gasteiger partial charge in [0.15, 0.2) is 0 Å². The van der Waals surface area contributed by atoms with Crippen LogP contribution in [0.15, 0.2) is 30.3 Å². The van der Waals surface area contributed by atoms with E-state index in [2.05, 4.69) is 47.5 Å². The highest BCUT2D eigenvalue weighted by Crippen LogP contribution is 2.25. The van der Waals surface area contributed by atoms with Crippen LogP contribution in [0.25, 0.3) is 0 Å². The summed E-state index contributed by atoms with van der Waals surface area (Å²) in [5.41, 5.74) is 1.67. The van der Waals surface area contributed by atoms with Crippen molar-refractivity contribution in [2.45, 2.75) is 25.2 Å². The van der Waals surface area contributed by atoms with Crippen molar-refractivity contribution in [3.63, 3.8) is 0 Å². The molecule has 2 nitrogen and oxygen atoms in total. The van der Waals surface area contributed by atoms with Gasteiger partial charge in [-0.25, -0.2) is 0 Å². The molecule has 1 unspecified atom stereocenters. The van der Waals surface area contributed by atoms with Crippen molar-refractivity contribution in [1.82, 2.24) is 10.2 Å². The van der Waals surface area contributed by atoms with Crippen molar-refractivity contribution in [2.24, 2.45) is 0 Å². The monoisotopic (exact) mass is 232 g/mol. The second kappa shape index (κ2) is 5.65. The first-order valence-corrected chi connectivity index (χ1v) is 6.67. The molecule has 1 aliphatic rings. The van der Waals surface area contributed by atoms with Crippen molar-refractivity contribution in [2.75, 3.05) is 33.2 Å². The first-order valence-electron chi connectivity index (χ1n) is 6.67. The molecule has 0 saturated carbocycles. The maximum absolute atomic E-state index is 3.35. The first-order chi connectivity index (χ1) is 8.24. The summed E-state index contributed by atoms with van der Waals surface area (Å²) < 4.78 is 0. The Morgan fingerprint density at radius 2 is 1.82 bits per heavy atom. The smallest absolute Gasteiger partial charge is 0.0176 e. The van der Waals surface area contributed by atoms with Crippen LogP contribution in [0.1, 0.15) is 25.3 Å². The van der Waals surface area contributed by atoms with E-state index < -0.39 is 0 Å². The maximum atomic E-state index is 3.35. The molecule has 17 heavy (non-hydrogen) atoms. The summed E-state index contributed by atoms with van der Waals surface area (Å²) in [6.07, 6.45) is 2.73. The fourth-order valence-corrected chi connectivity index (χ4v) is 2.91. The van der Waals surface area contributed by atoms with Gasteiger partial charge in [-0.1, -0.05) is 37.3 Å². The Bertz CT molecular complexity index is 330. The van der Waals surface area contributed by atoms with E-state index in [0.717, 1.165) is 13.1 Å². The molecule has 2 heteroatoms. The normalized spacial score (nSPS) is 20.4. The van der Waals surface area contributed by atoms with Crippen molar-refractivity contribution in [3.05, 3.63) is 35.9 Å². The SMILES string of the molecule is CNCC(C)(CN1CCCC1)c1ccccc1. The van der Waals surface area contributed by atoms with Crippen LogP contribution in [0.2, 0.25) is 0 Å². The number of rotatable bonds is 5. The molecular formula is C15H24N2. The quantitative estimate of drug-likeness (QED) is 0.837. The predicted octanol–water partition coefficient (Wildman–Crippen LogP) is 2.26. The highest BCUT2D eigenvalue weighted by atomic mass is 15.1. The van der Waals surface area contributed by atoms with Gasteiger partial charge in [-0.3, -0.25) is 0 Å². The summed E-state index contributed by atoms with van der Waals surface area (Å²) in [5.74, 6) is 0. The molecule has 0 bridgehead atoms. The zero-order valence-electron chi connectivity index (χ0n) is 11.1. The second-order valence-electron chi connectivity index (χ2n) is 5.44. The zero-order chi connectivity index (χ0) is 12.1. The van der Waals surface area contributed by atoms with Crippen LogP contribution in [-0.2, 0) is 5.41 Å². The second-order valence-corrected chi connectivity index (χ2v) is 5.44. The van der Waals surface area contributed by atoms with Crippen LogP contribution >= 0.6 is 0 Å². The Balaban J connectivity index is 2.13. The van der Waals surface area contributed by atoms with Gasteiger partial charge >= 0.3 is 0 Å². The molecule has 94 valence electrons. The number of hydrogen-bond acceptors (Lipinski definition) is 2. The molecule has 1 atom stereocenters. The molecule has 1 aliphatic heterocycles. The van der Waals surface area contributed by atoms with Gasteiger partial charge < -0.3 is 10.2 Å². The number of likely N-dealkylation sites (tertiary alicyclic amines) is 1. The van der Waals surface area contributed by atoms with E-state index in [1.807, 2.05) is 7.05 Å². The number of nitrogens with zero attached hydrogens (tertiary/aromatic N) is 1. The van der Waals surface area contributed by atoms with Crippen molar-refractivity contribution in [3.8, 4) is 0 Å². The summed E-state index contributed by atoms with van der Waals surface area (Å²) in [5, 5.41) is 3.35. The zero-order valence-corrected chi connectivity index (χ0v) is 11.1. The Kier molecular flexibility index (Phi) is 4.19. The average Bonchev–Trinajstić information content (AvgIpc) is 2.83. The molecule has 0 amide bonds. The summed E-state index contributed by atoms with van der Waals surface area (Å²) in [7, 11) is 2.05. The maximum Gasteiger partial charge on any atom is 0.0176 e. The van der Waals surface area contributed by atoms with Crippen molar-refractivity contribution >= 4 is 0 Å². The largest absolute Gasteiger partial charge is 0.319 e. The Morgan fingerprint density at radius 1 is 1.18 bits per heavy atom. The minimum atomic E-state index is 0.223. The highest BCUT2D eigenvalue weighted by molar-refractivity contribution is 5.25. The molecule has 1 aromatic carbocycles. The number of benzene rings is 1. The van der Waals surface area contributed by atoms with Gasteiger partial charge in [0.25, 0.3) is 0 Å². The third-order valence-corrected chi connectivity index (χ3v) is 3.81. The fraction of sp³-hybridized carbons (Fsp3) is 0.600. The molecule has 1 saturated heterocycles. The topological polar surface area (TPSA) is 15.3 Å². The molecular weight excluding hydrogens is 208 g/mol. The molecule has 0 radical (unpaired) electrons. The molecule has 0 spiro atoms. The van der Waals surface area contributed by atoms with Gasteiger partial charge in [-0.15, -0.1) is 0 Å².